The lowest BCUT2D eigenvalue weighted by Gasteiger charge is -2.23. The van der Waals surface area contributed by atoms with Crippen LogP contribution in [0, 0.1) is 28.1 Å². The standard InChI is InChI=1S/C8H2F4N2O4/c9-4(3(1-13)5(15)16)7(2-14,6(17)18)8(10,11)12/h(H,15,16)(H,17,18). The molecule has 0 amide bonds. The zero-order chi connectivity index (χ0) is 14.7. The largest absolute Gasteiger partial charge is 0.479 e. The van der Waals surface area contributed by atoms with Gasteiger partial charge in [-0.3, -0.25) is 0 Å². The highest BCUT2D eigenvalue weighted by atomic mass is 19.4. The summed E-state index contributed by atoms with van der Waals surface area (Å²) in [5.74, 6) is -8.27. The zero-order valence-electron chi connectivity index (χ0n) is 8.12. The number of hydrogen-bond donors (Lipinski definition) is 2. The Hall–Kier alpha value is -2.62. The van der Waals surface area contributed by atoms with Gasteiger partial charge in [-0.1, -0.05) is 0 Å². The number of nitrogens with zero attached hydrogens (tertiary/aromatic N) is 2. The van der Waals surface area contributed by atoms with Crippen LogP contribution in [0.3, 0.4) is 0 Å². The van der Waals surface area contributed by atoms with Gasteiger partial charge in [-0.05, 0) is 0 Å². The third-order valence-electron chi connectivity index (χ3n) is 1.79. The summed E-state index contributed by atoms with van der Waals surface area (Å²) in [7, 11) is 0. The average Bonchev–Trinajstić information content (AvgIpc) is 2.16. The lowest BCUT2D eigenvalue weighted by molar-refractivity contribution is -0.208. The molecular formula is C8H2F4N2O4. The van der Waals surface area contributed by atoms with Gasteiger partial charge in [0.25, 0.3) is 5.41 Å². The van der Waals surface area contributed by atoms with E-state index in [1.165, 1.54) is 0 Å². The number of nitriles is 2. The lowest BCUT2D eigenvalue weighted by Crippen LogP contribution is -2.45. The maximum atomic E-state index is 13.3. The van der Waals surface area contributed by atoms with Gasteiger partial charge in [-0.25, -0.2) is 14.0 Å². The molecule has 0 aromatic heterocycles. The molecule has 0 saturated heterocycles. The summed E-state index contributed by atoms with van der Waals surface area (Å²) in [5.41, 5.74) is -6.83. The van der Waals surface area contributed by atoms with Crippen molar-refractivity contribution in [2.75, 3.05) is 0 Å². The van der Waals surface area contributed by atoms with E-state index < -0.39 is 34.9 Å². The minimum atomic E-state index is -5.94. The maximum absolute atomic E-state index is 13.3. The van der Waals surface area contributed by atoms with Gasteiger partial charge in [0.05, 0.1) is 6.07 Å². The topological polar surface area (TPSA) is 122 Å². The van der Waals surface area contributed by atoms with Gasteiger partial charge in [-0.15, -0.1) is 0 Å². The highest BCUT2D eigenvalue weighted by Gasteiger charge is 2.67. The van der Waals surface area contributed by atoms with Crippen LogP contribution < -0.4 is 0 Å². The molecular weight excluding hydrogens is 264 g/mol. The fraction of sp³-hybridized carbons (Fsp3) is 0.250. The van der Waals surface area contributed by atoms with Gasteiger partial charge in [0.1, 0.15) is 6.07 Å². The Balaban J connectivity index is 6.47. The smallest absolute Gasteiger partial charge is 0.424 e. The second kappa shape index (κ2) is 4.71. The van der Waals surface area contributed by atoms with Gasteiger partial charge in [0, 0.05) is 0 Å². The summed E-state index contributed by atoms with van der Waals surface area (Å²) < 4.78 is 50.7. The van der Waals surface area contributed by atoms with Crippen LogP contribution in [0.5, 0.6) is 0 Å². The Morgan fingerprint density at radius 2 is 1.56 bits per heavy atom. The number of halogens is 4. The van der Waals surface area contributed by atoms with Crippen molar-refractivity contribution >= 4 is 11.9 Å². The first-order valence-electron chi connectivity index (χ1n) is 3.81. The van der Waals surface area contributed by atoms with E-state index >= 15 is 0 Å². The molecule has 0 aliphatic rings. The van der Waals surface area contributed by atoms with Crippen LogP contribution in [0.1, 0.15) is 0 Å². The van der Waals surface area contributed by atoms with Crippen LogP contribution in [0.4, 0.5) is 17.6 Å². The second-order valence-corrected chi connectivity index (χ2v) is 2.77. The quantitative estimate of drug-likeness (QED) is 0.446. The fourth-order valence-corrected chi connectivity index (χ4v) is 0.878. The molecule has 2 N–H and O–H groups in total. The van der Waals surface area contributed by atoms with Crippen molar-refractivity contribution in [2.45, 2.75) is 6.18 Å². The second-order valence-electron chi connectivity index (χ2n) is 2.77. The Morgan fingerprint density at radius 1 is 1.11 bits per heavy atom. The van der Waals surface area contributed by atoms with Crippen molar-refractivity contribution in [3.05, 3.63) is 11.4 Å². The van der Waals surface area contributed by atoms with E-state index in [9.17, 15) is 27.2 Å². The van der Waals surface area contributed by atoms with Gasteiger partial charge in [0.2, 0.25) is 0 Å². The van der Waals surface area contributed by atoms with E-state index in [4.69, 9.17) is 20.7 Å². The van der Waals surface area contributed by atoms with E-state index in [-0.39, 0.29) is 6.07 Å². The monoisotopic (exact) mass is 266 g/mol. The number of rotatable bonds is 3. The average molecular weight is 266 g/mol. The van der Waals surface area contributed by atoms with E-state index in [0.717, 1.165) is 0 Å². The first kappa shape index (κ1) is 15.4. The summed E-state index contributed by atoms with van der Waals surface area (Å²) >= 11 is 0. The Kier molecular flexibility index (Phi) is 4.02. The third-order valence-corrected chi connectivity index (χ3v) is 1.79. The van der Waals surface area contributed by atoms with Crippen LogP contribution >= 0.6 is 0 Å². The molecule has 0 aromatic rings. The molecule has 0 aliphatic carbocycles. The van der Waals surface area contributed by atoms with Crippen molar-refractivity contribution in [2.24, 2.45) is 5.41 Å². The molecule has 1 unspecified atom stereocenters. The molecule has 0 fully saturated rings. The molecule has 0 saturated carbocycles. The van der Waals surface area contributed by atoms with Crippen LogP contribution in [0.15, 0.2) is 11.4 Å². The molecule has 0 aromatic carbocycles. The van der Waals surface area contributed by atoms with E-state index in [1.54, 1.807) is 0 Å². The molecule has 18 heavy (non-hydrogen) atoms. The molecule has 0 heterocycles. The molecule has 0 spiro atoms. The van der Waals surface area contributed by atoms with Gasteiger partial charge >= 0.3 is 18.1 Å². The molecule has 0 aliphatic heterocycles. The molecule has 0 radical (unpaired) electrons. The van der Waals surface area contributed by atoms with Gasteiger partial charge in [-0.2, -0.15) is 23.7 Å². The molecule has 1 atom stereocenters. The molecule has 96 valence electrons. The number of aliphatic carboxylic acids is 2. The number of carboxylic acid groups (broad SMARTS) is 2. The molecule has 6 nitrogen and oxygen atoms in total. The predicted molar refractivity (Wildman–Crippen MR) is 43.1 cm³/mol. The third kappa shape index (κ3) is 2.08. The molecule has 0 rings (SSSR count). The summed E-state index contributed by atoms with van der Waals surface area (Å²) in [6, 6.07) is 0.711. The highest BCUT2D eigenvalue weighted by molar-refractivity contribution is 5.94. The lowest BCUT2D eigenvalue weighted by atomic mass is 9.85. The first-order chi connectivity index (χ1) is 8.06. The zero-order valence-corrected chi connectivity index (χ0v) is 8.12. The van der Waals surface area contributed by atoms with E-state index in [0.29, 0.717) is 6.07 Å². The van der Waals surface area contributed by atoms with Crippen molar-refractivity contribution in [3.8, 4) is 12.1 Å². The molecule has 10 heteroatoms. The van der Waals surface area contributed by atoms with Crippen LogP contribution in [0.25, 0.3) is 0 Å². The molecule has 0 bridgehead atoms. The summed E-state index contributed by atoms with van der Waals surface area (Å²) in [4.78, 5) is 20.8. The first-order valence-corrected chi connectivity index (χ1v) is 3.81. The van der Waals surface area contributed by atoms with Crippen molar-refractivity contribution in [3.63, 3.8) is 0 Å². The Morgan fingerprint density at radius 3 is 1.72 bits per heavy atom. The normalized spacial score (nSPS) is 15.7. The Bertz CT molecular complexity index is 511. The number of carboxylic acids is 2. The van der Waals surface area contributed by atoms with Gasteiger partial charge in [0.15, 0.2) is 11.4 Å². The van der Waals surface area contributed by atoms with Crippen LogP contribution in [0.2, 0.25) is 0 Å². The number of alkyl halides is 3. The highest BCUT2D eigenvalue weighted by Crippen LogP contribution is 2.45. The van der Waals surface area contributed by atoms with E-state index in [2.05, 4.69) is 0 Å². The predicted octanol–water partition coefficient (Wildman–Crippen LogP) is 0.975. The fourth-order valence-electron chi connectivity index (χ4n) is 0.878. The van der Waals surface area contributed by atoms with Gasteiger partial charge < -0.3 is 10.2 Å². The van der Waals surface area contributed by atoms with Crippen LogP contribution in [-0.4, -0.2) is 28.3 Å². The Labute approximate surface area is 96.0 Å². The summed E-state index contributed by atoms with van der Waals surface area (Å²) in [5, 5.41) is 33.0. The number of hydrogen-bond acceptors (Lipinski definition) is 4. The minimum absolute atomic E-state index is 0.153. The van der Waals surface area contributed by atoms with Crippen molar-refractivity contribution < 1.29 is 37.4 Å². The maximum Gasteiger partial charge on any atom is 0.424 e. The van der Waals surface area contributed by atoms with Crippen LogP contribution in [-0.2, 0) is 9.59 Å². The van der Waals surface area contributed by atoms with Crippen molar-refractivity contribution in [1.82, 2.24) is 0 Å². The van der Waals surface area contributed by atoms with Crippen molar-refractivity contribution in [1.29, 1.82) is 10.5 Å². The summed E-state index contributed by atoms with van der Waals surface area (Å²) in [6.45, 7) is 0. The SMILES string of the molecule is N#CC(C(=O)O)=C(F)C(C#N)(C(=O)O)C(F)(F)F. The number of carbonyl (C=O) groups is 2. The van der Waals surface area contributed by atoms with E-state index in [1.807, 2.05) is 0 Å². The minimum Gasteiger partial charge on any atom is -0.479 e. The summed E-state index contributed by atoms with van der Waals surface area (Å²) in [6.07, 6.45) is -5.94.